The SMILES string of the molecule is CN1CCCCC1(P(=O)(O)O)S(=O)(=O)O. The normalized spacial score (nSPS) is 30.4. The van der Waals surface area contributed by atoms with E-state index in [1.165, 1.54) is 7.05 Å². The second kappa shape index (κ2) is 3.80. The van der Waals surface area contributed by atoms with Crippen LogP contribution in [0.1, 0.15) is 19.3 Å². The second-order valence-electron chi connectivity index (χ2n) is 3.64. The first-order chi connectivity index (χ1) is 6.63. The van der Waals surface area contributed by atoms with E-state index in [-0.39, 0.29) is 13.0 Å². The average Bonchev–Trinajstić information content (AvgIpc) is 2.00. The van der Waals surface area contributed by atoms with Crippen molar-refractivity contribution >= 4 is 17.7 Å². The zero-order valence-corrected chi connectivity index (χ0v) is 9.91. The molecule has 1 fully saturated rings. The predicted molar refractivity (Wildman–Crippen MR) is 52.8 cm³/mol. The molecule has 0 saturated carbocycles. The lowest BCUT2D eigenvalue weighted by atomic mass is 10.1. The molecule has 3 N–H and O–H groups in total. The first-order valence-electron chi connectivity index (χ1n) is 4.37. The fourth-order valence-corrected chi connectivity index (χ4v) is 5.00. The van der Waals surface area contributed by atoms with Gasteiger partial charge in [0.05, 0.1) is 0 Å². The van der Waals surface area contributed by atoms with Crippen LogP contribution in [0.5, 0.6) is 0 Å². The quantitative estimate of drug-likeness (QED) is 0.465. The summed E-state index contributed by atoms with van der Waals surface area (Å²) >= 11 is 0. The Hall–Kier alpha value is 0.0200. The zero-order chi connectivity index (χ0) is 11.9. The van der Waals surface area contributed by atoms with Crippen LogP contribution in [0.3, 0.4) is 0 Å². The summed E-state index contributed by atoms with van der Waals surface area (Å²) in [5.74, 6) is 0. The number of nitrogens with zero attached hydrogens (tertiary/aromatic N) is 1. The van der Waals surface area contributed by atoms with E-state index in [0.717, 1.165) is 4.90 Å². The lowest BCUT2D eigenvalue weighted by Gasteiger charge is -2.41. The number of rotatable bonds is 2. The van der Waals surface area contributed by atoms with Crippen molar-refractivity contribution in [3.05, 3.63) is 0 Å². The van der Waals surface area contributed by atoms with Gasteiger partial charge in [-0.3, -0.25) is 14.0 Å². The number of likely N-dealkylation sites (tertiary alicyclic amines) is 1. The van der Waals surface area contributed by atoms with Gasteiger partial charge < -0.3 is 9.79 Å². The zero-order valence-electron chi connectivity index (χ0n) is 8.20. The van der Waals surface area contributed by atoms with Gasteiger partial charge in [0.2, 0.25) is 0 Å². The van der Waals surface area contributed by atoms with Crippen LogP contribution in [0, 0.1) is 0 Å². The lowest BCUT2D eigenvalue weighted by Crippen LogP contribution is -2.54. The Morgan fingerprint density at radius 2 is 1.87 bits per heavy atom. The fraction of sp³-hybridized carbons (Fsp3) is 1.00. The Bertz CT molecular complexity index is 388. The van der Waals surface area contributed by atoms with Crippen LogP contribution in [0.2, 0.25) is 0 Å². The molecule has 1 aliphatic rings. The van der Waals surface area contributed by atoms with Gasteiger partial charge in [-0.25, -0.2) is 0 Å². The van der Waals surface area contributed by atoms with Crippen molar-refractivity contribution in [3.8, 4) is 0 Å². The summed E-state index contributed by atoms with van der Waals surface area (Å²) in [5, 5.41) is 0. The average molecular weight is 259 g/mol. The van der Waals surface area contributed by atoms with Gasteiger partial charge in [-0.15, -0.1) is 0 Å². The number of hydrogen-bond donors (Lipinski definition) is 3. The van der Waals surface area contributed by atoms with E-state index in [0.29, 0.717) is 12.8 Å². The highest BCUT2D eigenvalue weighted by Gasteiger charge is 2.61. The van der Waals surface area contributed by atoms with E-state index >= 15 is 0 Å². The molecule has 1 unspecified atom stereocenters. The van der Waals surface area contributed by atoms with Crippen LogP contribution in [0.25, 0.3) is 0 Å². The van der Waals surface area contributed by atoms with Crippen molar-refractivity contribution in [2.45, 2.75) is 23.9 Å². The minimum atomic E-state index is -4.96. The molecule has 0 aromatic rings. The first-order valence-corrected chi connectivity index (χ1v) is 7.42. The van der Waals surface area contributed by atoms with Gasteiger partial charge in [0.15, 0.2) is 0 Å². The predicted octanol–water partition coefficient (Wildman–Crippen LogP) is -0.179. The molecule has 0 aromatic heterocycles. The third-order valence-electron chi connectivity index (χ3n) is 2.71. The Morgan fingerprint density at radius 1 is 1.33 bits per heavy atom. The maximum absolute atomic E-state index is 11.3. The smallest absolute Gasteiger partial charge is 0.322 e. The Labute approximate surface area is 88.0 Å². The summed E-state index contributed by atoms with van der Waals surface area (Å²) in [5.41, 5.74) is 0. The van der Waals surface area contributed by atoms with Crippen LogP contribution in [-0.2, 0) is 14.7 Å². The van der Waals surface area contributed by atoms with Crippen LogP contribution < -0.4 is 0 Å². The number of hydrogen-bond acceptors (Lipinski definition) is 4. The van der Waals surface area contributed by atoms with Gasteiger partial charge in [-0.1, -0.05) is 0 Å². The Kier molecular flexibility index (Phi) is 3.31. The van der Waals surface area contributed by atoms with Crippen molar-refractivity contribution in [2.24, 2.45) is 0 Å². The first kappa shape index (κ1) is 13.1. The summed E-state index contributed by atoms with van der Waals surface area (Å²) in [6, 6.07) is 0. The summed E-state index contributed by atoms with van der Waals surface area (Å²) < 4.78 is 40.2. The fourth-order valence-electron chi connectivity index (χ4n) is 1.91. The van der Waals surface area contributed by atoms with Crippen molar-refractivity contribution in [1.29, 1.82) is 0 Å². The molecule has 1 rings (SSSR count). The molecule has 0 radical (unpaired) electrons. The van der Waals surface area contributed by atoms with Crippen molar-refractivity contribution in [3.63, 3.8) is 0 Å². The van der Waals surface area contributed by atoms with Crippen LogP contribution >= 0.6 is 7.60 Å². The standard InChI is InChI=1S/C6H14NO6PS/c1-7-5-3-2-4-6(7,14(8,9)10)15(11,12)13/h2-5H2,1H3,(H2,8,9,10)(H,11,12,13). The molecular weight excluding hydrogens is 245 g/mol. The van der Waals surface area contributed by atoms with E-state index in [9.17, 15) is 13.0 Å². The Morgan fingerprint density at radius 3 is 2.13 bits per heavy atom. The van der Waals surface area contributed by atoms with E-state index in [1.54, 1.807) is 0 Å². The largest absolute Gasteiger partial charge is 0.363 e. The molecule has 1 heterocycles. The summed E-state index contributed by atoms with van der Waals surface area (Å²) in [6.45, 7) is 0.227. The highest BCUT2D eigenvalue weighted by molar-refractivity contribution is 7.94. The molecule has 1 aliphatic heterocycles. The molecule has 1 atom stereocenters. The van der Waals surface area contributed by atoms with Gasteiger partial charge in [0.25, 0.3) is 14.7 Å². The molecule has 0 aliphatic carbocycles. The van der Waals surface area contributed by atoms with Crippen molar-refractivity contribution in [1.82, 2.24) is 4.90 Å². The minimum absolute atomic E-state index is 0.227. The van der Waals surface area contributed by atoms with Crippen molar-refractivity contribution < 1.29 is 27.3 Å². The van der Waals surface area contributed by atoms with Gasteiger partial charge in [-0.2, -0.15) is 8.42 Å². The number of piperidine rings is 1. The molecule has 9 heteroatoms. The molecule has 7 nitrogen and oxygen atoms in total. The molecule has 15 heavy (non-hydrogen) atoms. The lowest BCUT2D eigenvalue weighted by molar-refractivity contribution is 0.164. The van der Waals surface area contributed by atoms with Gasteiger partial charge >= 0.3 is 7.60 Å². The maximum Gasteiger partial charge on any atom is 0.363 e. The van der Waals surface area contributed by atoms with E-state index in [2.05, 4.69) is 0 Å². The highest BCUT2D eigenvalue weighted by Crippen LogP contribution is 2.58. The molecule has 0 bridgehead atoms. The van der Waals surface area contributed by atoms with Crippen molar-refractivity contribution in [2.75, 3.05) is 13.6 Å². The molecule has 0 spiro atoms. The molecule has 0 aromatic carbocycles. The van der Waals surface area contributed by atoms with E-state index < -0.39 is 22.3 Å². The second-order valence-corrected chi connectivity index (χ2v) is 7.40. The van der Waals surface area contributed by atoms with Gasteiger partial charge in [0, 0.05) is 6.54 Å². The molecule has 0 amide bonds. The molecule has 1 saturated heterocycles. The molecule has 90 valence electrons. The van der Waals surface area contributed by atoms with E-state index in [4.69, 9.17) is 14.3 Å². The van der Waals surface area contributed by atoms with Crippen LogP contribution in [-0.4, -0.2) is 45.9 Å². The van der Waals surface area contributed by atoms with Gasteiger partial charge in [-0.05, 0) is 26.3 Å². The highest BCUT2D eigenvalue weighted by atomic mass is 32.2. The van der Waals surface area contributed by atoms with Gasteiger partial charge in [0.1, 0.15) is 0 Å². The maximum atomic E-state index is 11.3. The summed E-state index contributed by atoms with van der Waals surface area (Å²) in [7, 11) is -8.51. The monoisotopic (exact) mass is 259 g/mol. The molecular formula is C6H14NO6PS. The minimum Gasteiger partial charge on any atom is -0.322 e. The van der Waals surface area contributed by atoms with Crippen LogP contribution in [0.15, 0.2) is 0 Å². The van der Waals surface area contributed by atoms with E-state index in [1.807, 2.05) is 0 Å². The topological polar surface area (TPSA) is 115 Å². The third-order valence-corrected chi connectivity index (χ3v) is 6.93. The summed E-state index contributed by atoms with van der Waals surface area (Å²) in [4.78, 5) is 19.3. The van der Waals surface area contributed by atoms with Crippen LogP contribution in [0.4, 0.5) is 0 Å². The third kappa shape index (κ3) is 1.98. The summed E-state index contributed by atoms with van der Waals surface area (Å²) in [6.07, 6.45) is 0.746. The Balaban J connectivity index is 3.36.